The van der Waals surface area contributed by atoms with Crippen LogP contribution in [0, 0.1) is 5.53 Å². The van der Waals surface area contributed by atoms with E-state index >= 15 is 0 Å². The Bertz CT molecular complexity index is 1170. The second-order valence-corrected chi connectivity index (χ2v) is 7.74. The van der Waals surface area contributed by atoms with Gasteiger partial charge in [0.25, 0.3) is 12.3 Å². The molecule has 0 amide bonds. The average Bonchev–Trinajstić information content (AvgIpc) is 3.30. The van der Waals surface area contributed by atoms with Gasteiger partial charge in [0.2, 0.25) is 11.8 Å². The Morgan fingerprint density at radius 3 is 2.76 bits per heavy atom. The Morgan fingerprint density at radius 2 is 2.12 bits per heavy atom. The number of alkyl halides is 4. The van der Waals surface area contributed by atoms with Crippen molar-refractivity contribution in [2.45, 2.75) is 18.4 Å². The molecule has 1 aromatic carbocycles. The molecule has 0 spiro atoms. The number of likely N-dealkylation sites (tertiary alicyclic amines) is 1. The Balaban J connectivity index is 1.71. The fraction of sp³-hybridized carbons (Fsp3) is 0.400. The molecule has 1 aliphatic rings. The van der Waals surface area contributed by atoms with Crippen molar-refractivity contribution in [3.63, 3.8) is 0 Å². The van der Waals surface area contributed by atoms with Gasteiger partial charge in [0, 0.05) is 18.3 Å². The van der Waals surface area contributed by atoms with E-state index < -0.39 is 24.9 Å². The van der Waals surface area contributed by atoms with Crippen LogP contribution in [0.3, 0.4) is 0 Å². The third kappa shape index (κ3) is 4.53. The molecular formula is C20H22F4N8O. The van der Waals surface area contributed by atoms with Gasteiger partial charge in [-0.3, -0.25) is 4.90 Å². The van der Waals surface area contributed by atoms with Crippen molar-refractivity contribution < 1.29 is 22.3 Å². The third-order valence-electron chi connectivity index (χ3n) is 5.34. The van der Waals surface area contributed by atoms with Crippen LogP contribution in [0.5, 0.6) is 5.88 Å². The molecule has 1 saturated heterocycles. The van der Waals surface area contributed by atoms with Gasteiger partial charge in [0.15, 0.2) is 0 Å². The highest BCUT2D eigenvalue weighted by molar-refractivity contribution is 5.87. The van der Waals surface area contributed by atoms with Crippen LogP contribution in [0.2, 0.25) is 0 Å². The smallest absolute Gasteiger partial charge is 0.281 e. The average molecular weight is 466 g/mol. The second-order valence-electron chi connectivity index (χ2n) is 7.74. The van der Waals surface area contributed by atoms with Crippen LogP contribution < -0.4 is 15.4 Å². The number of ether oxygens (including phenoxy) is 1. The lowest BCUT2D eigenvalue weighted by Gasteiger charge is -2.19. The normalized spacial score (nSPS) is 18.1. The van der Waals surface area contributed by atoms with Gasteiger partial charge in [-0.1, -0.05) is 6.07 Å². The maximum Gasteiger partial charge on any atom is 0.281 e. The second kappa shape index (κ2) is 8.81. The van der Waals surface area contributed by atoms with E-state index in [2.05, 4.69) is 25.8 Å². The molecule has 0 unspecified atom stereocenters. The van der Waals surface area contributed by atoms with Gasteiger partial charge < -0.3 is 15.4 Å². The first-order valence-electron chi connectivity index (χ1n) is 10.0. The molecule has 13 heteroatoms. The van der Waals surface area contributed by atoms with E-state index in [0.29, 0.717) is 16.6 Å². The van der Waals surface area contributed by atoms with Crippen molar-refractivity contribution in [1.82, 2.24) is 19.5 Å². The molecule has 0 aliphatic carbocycles. The van der Waals surface area contributed by atoms with E-state index in [1.54, 1.807) is 31.4 Å². The summed E-state index contributed by atoms with van der Waals surface area (Å²) in [6, 6.07) is 5.37. The number of rotatable bonds is 8. The van der Waals surface area contributed by atoms with Crippen LogP contribution in [-0.4, -0.2) is 71.7 Å². The summed E-state index contributed by atoms with van der Waals surface area (Å²) in [6.45, 7) is -0.819. The molecule has 33 heavy (non-hydrogen) atoms. The fourth-order valence-corrected chi connectivity index (χ4v) is 3.85. The highest BCUT2D eigenvalue weighted by atomic mass is 19.3. The molecule has 1 fully saturated rings. The van der Waals surface area contributed by atoms with Gasteiger partial charge in [0.05, 0.1) is 25.9 Å². The first kappa shape index (κ1) is 22.7. The SMILES string of the molecule is COc1nc(N[C@@H]2CN(C)CC2(F)F)nn2ccc(-c3ccc(N=N)c(NCC(F)F)c3)c12. The number of likely N-dealkylation sites (N-methyl/N-ethyl adjacent to an activating group) is 1. The molecule has 1 aliphatic heterocycles. The number of benzene rings is 1. The van der Waals surface area contributed by atoms with Crippen LogP contribution in [0.15, 0.2) is 35.6 Å². The maximum atomic E-state index is 14.2. The topological polar surface area (TPSA) is 103 Å². The highest BCUT2D eigenvalue weighted by Gasteiger charge is 2.47. The lowest BCUT2D eigenvalue weighted by atomic mass is 10.1. The zero-order valence-corrected chi connectivity index (χ0v) is 17.8. The van der Waals surface area contributed by atoms with E-state index in [0.717, 1.165) is 0 Å². The molecule has 4 rings (SSSR count). The fourth-order valence-electron chi connectivity index (χ4n) is 3.85. The van der Waals surface area contributed by atoms with Crippen LogP contribution in [0.4, 0.5) is 34.9 Å². The van der Waals surface area contributed by atoms with Crippen molar-refractivity contribution in [2.75, 3.05) is 44.4 Å². The molecule has 3 heterocycles. The first-order valence-corrected chi connectivity index (χ1v) is 10.0. The monoisotopic (exact) mass is 466 g/mol. The molecule has 0 bridgehead atoms. The predicted molar refractivity (Wildman–Crippen MR) is 114 cm³/mol. The summed E-state index contributed by atoms with van der Waals surface area (Å²) in [5.41, 5.74) is 9.45. The summed E-state index contributed by atoms with van der Waals surface area (Å²) >= 11 is 0. The first-order chi connectivity index (χ1) is 15.7. The number of hydrogen-bond donors (Lipinski definition) is 3. The van der Waals surface area contributed by atoms with Gasteiger partial charge in [0.1, 0.15) is 17.2 Å². The van der Waals surface area contributed by atoms with E-state index in [1.807, 2.05) is 0 Å². The minimum Gasteiger partial charge on any atom is -0.479 e. The van der Waals surface area contributed by atoms with Crippen LogP contribution in [0.1, 0.15) is 0 Å². The number of methoxy groups -OCH3 is 1. The lowest BCUT2D eigenvalue weighted by Crippen LogP contribution is -2.38. The summed E-state index contributed by atoms with van der Waals surface area (Å²) in [6.07, 6.45) is -0.956. The maximum absolute atomic E-state index is 14.2. The van der Waals surface area contributed by atoms with Crippen molar-refractivity contribution in [3.8, 4) is 17.0 Å². The summed E-state index contributed by atoms with van der Waals surface area (Å²) in [5, 5.41) is 12.9. The van der Waals surface area contributed by atoms with Crippen molar-refractivity contribution in [3.05, 3.63) is 30.5 Å². The number of halogens is 4. The minimum atomic E-state index is -2.94. The predicted octanol–water partition coefficient (Wildman–Crippen LogP) is 4.11. The van der Waals surface area contributed by atoms with Crippen LogP contribution in [-0.2, 0) is 0 Å². The zero-order chi connectivity index (χ0) is 23.8. The van der Waals surface area contributed by atoms with E-state index in [9.17, 15) is 17.6 Å². The summed E-state index contributed by atoms with van der Waals surface area (Å²) < 4.78 is 60.6. The highest BCUT2D eigenvalue weighted by Crippen LogP contribution is 2.36. The number of nitrogens with one attached hydrogen (secondary N) is 3. The van der Waals surface area contributed by atoms with Gasteiger partial charge in [-0.15, -0.1) is 5.10 Å². The van der Waals surface area contributed by atoms with Gasteiger partial charge in [-0.25, -0.2) is 27.6 Å². The van der Waals surface area contributed by atoms with E-state index in [4.69, 9.17) is 10.3 Å². The molecule has 9 nitrogen and oxygen atoms in total. The zero-order valence-electron chi connectivity index (χ0n) is 17.8. The largest absolute Gasteiger partial charge is 0.479 e. The molecule has 0 saturated carbocycles. The molecule has 2 aromatic heterocycles. The number of fused-ring (bicyclic) bond motifs is 1. The van der Waals surface area contributed by atoms with Crippen molar-refractivity contribution in [1.29, 1.82) is 5.53 Å². The molecule has 3 N–H and O–H groups in total. The number of hydrogen-bond acceptors (Lipinski definition) is 8. The van der Waals surface area contributed by atoms with Crippen molar-refractivity contribution in [2.24, 2.45) is 5.11 Å². The summed E-state index contributed by atoms with van der Waals surface area (Å²) in [7, 11) is 3.01. The van der Waals surface area contributed by atoms with Crippen LogP contribution >= 0.6 is 0 Å². The summed E-state index contributed by atoms with van der Waals surface area (Å²) in [5.74, 6) is -2.79. The number of aromatic nitrogens is 3. The molecule has 0 radical (unpaired) electrons. The van der Waals surface area contributed by atoms with Gasteiger partial charge in [-0.05, 0) is 30.8 Å². The Hall–Kier alpha value is -3.48. The molecule has 176 valence electrons. The van der Waals surface area contributed by atoms with Crippen LogP contribution in [0.25, 0.3) is 16.6 Å². The minimum absolute atomic E-state index is 0.0101. The Morgan fingerprint density at radius 1 is 1.33 bits per heavy atom. The van der Waals surface area contributed by atoms with E-state index in [-0.39, 0.29) is 36.3 Å². The van der Waals surface area contributed by atoms with Gasteiger partial charge >= 0.3 is 0 Å². The quantitative estimate of drug-likeness (QED) is 0.341. The molecular weight excluding hydrogens is 444 g/mol. The summed E-state index contributed by atoms with van der Waals surface area (Å²) in [4.78, 5) is 5.79. The molecule has 3 aromatic rings. The van der Waals surface area contributed by atoms with E-state index in [1.165, 1.54) is 22.6 Å². The third-order valence-corrected chi connectivity index (χ3v) is 5.34. The Kier molecular flexibility index (Phi) is 6.06. The number of nitrogens with zero attached hydrogens (tertiary/aromatic N) is 5. The van der Waals surface area contributed by atoms with Gasteiger partial charge in [-0.2, -0.15) is 10.1 Å². The van der Waals surface area contributed by atoms with Crippen molar-refractivity contribution >= 4 is 22.8 Å². The number of anilines is 2. The Labute approximate surface area is 186 Å². The molecule has 1 atom stereocenters. The standard InChI is InChI=1S/C20H22F4N8O/c1-31-9-15(20(23,24)10-31)27-19-28-18(33-2)17-12(5-6-32(17)30-19)11-3-4-13(29-25)14(7-11)26-8-16(21)22/h3-7,15-16,25-26H,8-10H2,1-2H3,(H,27,30)/t15-/m1/s1. The lowest BCUT2D eigenvalue weighted by molar-refractivity contribution is 0.00582.